The summed E-state index contributed by atoms with van der Waals surface area (Å²) < 4.78 is 0. The first-order chi connectivity index (χ1) is 8.68. The maximum atomic E-state index is 12.0. The van der Waals surface area contributed by atoms with Gasteiger partial charge in [0.25, 0.3) is 0 Å². The lowest BCUT2D eigenvalue weighted by molar-refractivity contribution is -0.116. The number of nitrogens with one attached hydrogen (secondary N) is 1. The van der Waals surface area contributed by atoms with Crippen LogP contribution in [-0.4, -0.2) is 24.9 Å². The van der Waals surface area contributed by atoms with Crippen LogP contribution in [0.4, 0.5) is 10.5 Å². The fourth-order valence-corrected chi connectivity index (χ4v) is 2.19. The van der Waals surface area contributed by atoms with Gasteiger partial charge in [-0.3, -0.25) is 9.69 Å². The normalized spacial score (nSPS) is 13.9. The Hall–Kier alpha value is -1.84. The summed E-state index contributed by atoms with van der Waals surface area (Å²) >= 11 is 0. The second-order valence-electron chi connectivity index (χ2n) is 4.57. The number of para-hydroxylation sites is 1. The van der Waals surface area contributed by atoms with E-state index in [9.17, 15) is 9.59 Å². The van der Waals surface area contributed by atoms with E-state index >= 15 is 0 Å². The van der Waals surface area contributed by atoms with Crippen LogP contribution in [0.1, 0.15) is 25.3 Å². The van der Waals surface area contributed by atoms with Crippen molar-refractivity contribution in [2.24, 2.45) is 0 Å². The fourth-order valence-electron chi connectivity index (χ4n) is 2.19. The molecule has 2 amide bonds. The fraction of sp³-hybridized carbons (Fsp3) is 0.429. The van der Waals surface area contributed by atoms with Crippen molar-refractivity contribution in [3.63, 3.8) is 0 Å². The molecule has 1 aromatic carbocycles. The highest BCUT2D eigenvalue weighted by Gasteiger charge is 2.21. The quantitative estimate of drug-likeness (QED) is 0.888. The highest BCUT2D eigenvalue weighted by Crippen LogP contribution is 2.26. The third-order valence-electron chi connectivity index (χ3n) is 3.11. The van der Waals surface area contributed by atoms with E-state index < -0.39 is 0 Å². The maximum Gasteiger partial charge on any atom is 0.321 e. The molecule has 0 aliphatic carbocycles. The van der Waals surface area contributed by atoms with Crippen molar-refractivity contribution in [3.05, 3.63) is 29.8 Å². The largest absolute Gasteiger partial charge is 0.337 e. The molecule has 18 heavy (non-hydrogen) atoms. The Kier molecular flexibility index (Phi) is 3.97. The van der Waals surface area contributed by atoms with E-state index in [0.29, 0.717) is 13.0 Å². The highest BCUT2D eigenvalue weighted by molar-refractivity contribution is 5.93. The molecule has 0 saturated carbocycles. The lowest BCUT2D eigenvalue weighted by Crippen LogP contribution is -2.43. The van der Waals surface area contributed by atoms with Crippen LogP contribution in [0.25, 0.3) is 0 Å². The van der Waals surface area contributed by atoms with Crippen LogP contribution in [0.15, 0.2) is 24.3 Å². The number of nitrogens with zero attached hydrogens (tertiary/aromatic N) is 1. The third-order valence-corrected chi connectivity index (χ3v) is 3.11. The average molecular weight is 246 g/mol. The van der Waals surface area contributed by atoms with Crippen LogP contribution in [0.5, 0.6) is 0 Å². The molecule has 1 heterocycles. The molecule has 0 bridgehead atoms. The molecule has 0 fully saturated rings. The zero-order valence-electron chi connectivity index (χ0n) is 10.6. The van der Waals surface area contributed by atoms with Gasteiger partial charge in [0, 0.05) is 25.2 Å². The number of benzene rings is 1. The van der Waals surface area contributed by atoms with Gasteiger partial charge < -0.3 is 5.32 Å². The summed E-state index contributed by atoms with van der Waals surface area (Å²) in [7, 11) is 0. The van der Waals surface area contributed by atoms with Crippen molar-refractivity contribution < 1.29 is 9.59 Å². The molecule has 4 nitrogen and oxygen atoms in total. The monoisotopic (exact) mass is 246 g/mol. The van der Waals surface area contributed by atoms with E-state index in [1.165, 1.54) is 12.5 Å². The van der Waals surface area contributed by atoms with Crippen LogP contribution >= 0.6 is 0 Å². The van der Waals surface area contributed by atoms with Gasteiger partial charge in [-0.1, -0.05) is 18.2 Å². The van der Waals surface area contributed by atoms with E-state index in [1.807, 2.05) is 18.2 Å². The van der Waals surface area contributed by atoms with E-state index in [4.69, 9.17) is 0 Å². The van der Waals surface area contributed by atoms with E-state index in [1.54, 1.807) is 4.90 Å². The van der Waals surface area contributed by atoms with Crippen LogP contribution < -0.4 is 10.2 Å². The third kappa shape index (κ3) is 2.88. The number of hydrogen-bond acceptors (Lipinski definition) is 2. The summed E-state index contributed by atoms with van der Waals surface area (Å²) in [4.78, 5) is 24.6. The molecular formula is C14H18N2O2. The topological polar surface area (TPSA) is 49.4 Å². The van der Waals surface area contributed by atoms with E-state index in [2.05, 4.69) is 11.4 Å². The van der Waals surface area contributed by atoms with Crippen LogP contribution in [0.3, 0.4) is 0 Å². The van der Waals surface area contributed by atoms with Gasteiger partial charge in [0.15, 0.2) is 0 Å². The summed E-state index contributed by atoms with van der Waals surface area (Å²) in [6, 6.07) is 7.86. The number of anilines is 1. The second kappa shape index (κ2) is 5.67. The Bertz CT molecular complexity index is 457. The lowest BCUT2D eigenvalue weighted by atomic mass is 10.0. The molecule has 0 aromatic heterocycles. The predicted molar refractivity (Wildman–Crippen MR) is 70.8 cm³/mol. The number of Topliss-reactive ketones (excluding diaryl/α,β-unsaturated/α-hetero) is 1. The lowest BCUT2D eigenvalue weighted by Gasteiger charge is -2.29. The van der Waals surface area contributed by atoms with Gasteiger partial charge in [-0.15, -0.1) is 0 Å². The van der Waals surface area contributed by atoms with Crippen molar-refractivity contribution in [1.29, 1.82) is 0 Å². The SMILES string of the molecule is CC(=O)CCNC(=O)N1CCCc2ccccc21. The first-order valence-corrected chi connectivity index (χ1v) is 6.31. The molecule has 0 saturated heterocycles. The Morgan fingerprint density at radius 2 is 2.11 bits per heavy atom. The van der Waals surface area contributed by atoms with Crippen molar-refractivity contribution in [2.45, 2.75) is 26.2 Å². The van der Waals surface area contributed by atoms with Crippen molar-refractivity contribution in [1.82, 2.24) is 5.32 Å². The highest BCUT2D eigenvalue weighted by atomic mass is 16.2. The molecule has 1 aromatic rings. The molecule has 96 valence electrons. The van der Waals surface area contributed by atoms with E-state index in [0.717, 1.165) is 25.1 Å². The van der Waals surface area contributed by atoms with Gasteiger partial charge in [-0.2, -0.15) is 0 Å². The zero-order valence-corrected chi connectivity index (χ0v) is 10.6. The summed E-state index contributed by atoms with van der Waals surface area (Å²) in [5, 5.41) is 2.79. The number of rotatable bonds is 3. The minimum atomic E-state index is -0.108. The van der Waals surface area contributed by atoms with Gasteiger partial charge in [-0.05, 0) is 31.4 Å². The summed E-state index contributed by atoms with van der Waals surface area (Å²) in [6.07, 6.45) is 2.39. The number of carbonyl (C=O) groups is 2. The molecule has 0 radical (unpaired) electrons. The molecule has 0 atom stereocenters. The maximum absolute atomic E-state index is 12.0. The molecular weight excluding hydrogens is 228 g/mol. The van der Waals surface area contributed by atoms with Crippen molar-refractivity contribution in [3.8, 4) is 0 Å². The molecule has 2 rings (SSSR count). The number of ketones is 1. The standard InChI is InChI=1S/C14H18N2O2/c1-11(17)8-9-15-14(18)16-10-4-6-12-5-2-3-7-13(12)16/h2-3,5,7H,4,6,8-10H2,1H3,(H,15,18). The number of carbonyl (C=O) groups excluding carboxylic acids is 2. The van der Waals surface area contributed by atoms with Crippen molar-refractivity contribution >= 4 is 17.5 Å². The summed E-state index contributed by atoms with van der Waals surface area (Å²) in [5.74, 6) is 0.0920. The second-order valence-corrected chi connectivity index (χ2v) is 4.57. The first kappa shape index (κ1) is 12.6. The van der Waals surface area contributed by atoms with Gasteiger partial charge in [0.2, 0.25) is 0 Å². The van der Waals surface area contributed by atoms with Gasteiger partial charge in [0.1, 0.15) is 5.78 Å². The average Bonchev–Trinajstić information content (AvgIpc) is 2.37. The van der Waals surface area contributed by atoms with Crippen LogP contribution in [0, 0.1) is 0 Å². The number of amides is 2. The molecule has 1 aliphatic heterocycles. The van der Waals surface area contributed by atoms with Crippen molar-refractivity contribution in [2.75, 3.05) is 18.0 Å². The predicted octanol–water partition coefficient (Wildman–Crippen LogP) is 2.13. The molecule has 4 heteroatoms. The number of urea groups is 1. The van der Waals surface area contributed by atoms with Gasteiger partial charge in [-0.25, -0.2) is 4.79 Å². The molecule has 1 N–H and O–H groups in total. The number of aryl methyl sites for hydroxylation is 1. The molecule has 0 unspecified atom stereocenters. The minimum Gasteiger partial charge on any atom is -0.337 e. The van der Waals surface area contributed by atoms with Crippen LogP contribution in [0.2, 0.25) is 0 Å². The van der Waals surface area contributed by atoms with Gasteiger partial charge >= 0.3 is 6.03 Å². The van der Waals surface area contributed by atoms with E-state index in [-0.39, 0.29) is 11.8 Å². The Morgan fingerprint density at radius 1 is 1.33 bits per heavy atom. The van der Waals surface area contributed by atoms with Gasteiger partial charge in [0.05, 0.1) is 0 Å². The first-order valence-electron chi connectivity index (χ1n) is 6.31. The molecule has 1 aliphatic rings. The minimum absolute atomic E-state index is 0.0920. The summed E-state index contributed by atoms with van der Waals surface area (Å²) in [5.41, 5.74) is 2.20. The Morgan fingerprint density at radius 3 is 2.89 bits per heavy atom. The Balaban J connectivity index is 2.01. The molecule has 0 spiro atoms. The smallest absolute Gasteiger partial charge is 0.321 e. The Labute approximate surface area is 107 Å². The number of hydrogen-bond donors (Lipinski definition) is 1. The summed E-state index contributed by atoms with van der Waals surface area (Å²) in [6.45, 7) is 2.68. The van der Waals surface area contributed by atoms with Crippen LogP contribution in [-0.2, 0) is 11.2 Å². The number of fused-ring (bicyclic) bond motifs is 1. The zero-order chi connectivity index (χ0) is 13.0.